The highest BCUT2D eigenvalue weighted by molar-refractivity contribution is 14.1. The van der Waals surface area contributed by atoms with Crippen molar-refractivity contribution in [3.63, 3.8) is 0 Å². The van der Waals surface area contributed by atoms with Crippen LogP contribution in [0.4, 0.5) is 0 Å². The van der Waals surface area contributed by atoms with Gasteiger partial charge in [-0.1, -0.05) is 71.1 Å². The van der Waals surface area contributed by atoms with Crippen molar-refractivity contribution in [2.45, 2.75) is 65.0 Å². The Bertz CT molecular complexity index is 472. The van der Waals surface area contributed by atoms with Gasteiger partial charge in [-0.25, -0.2) is 0 Å². The summed E-state index contributed by atoms with van der Waals surface area (Å²) < 4.78 is 0.0530. The van der Waals surface area contributed by atoms with E-state index in [0.717, 1.165) is 6.42 Å². The molecule has 2 atom stereocenters. The van der Waals surface area contributed by atoms with Gasteiger partial charge >= 0.3 is 0 Å². The van der Waals surface area contributed by atoms with Crippen molar-refractivity contribution < 1.29 is 14.4 Å². The van der Waals surface area contributed by atoms with Gasteiger partial charge in [0, 0.05) is 43.9 Å². The molecule has 3 amide bonds. The highest BCUT2D eigenvalue weighted by Crippen LogP contribution is 2.16. The molecule has 0 aromatic carbocycles. The number of hydrogen-bond acceptors (Lipinski definition) is 4. The lowest BCUT2D eigenvalue weighted by Crippen LogP contribution is -2.52. The summed E-state index contributed by atoms with van der Waals surface area (Å²) in [4.78, 5) is 38.0. The Balaban J connectivity index is 4.96. The lowest BCUT2D eigenvalue weighted by atomic mass is 10.1. The lowest BCUT2D eigenvalue weighted by molar-refractivity contribution is -0.125. The average Bonchev–Trinajstić information content (AvgIpc) is 2.63. The second-order valence-corrected chi connectivity index (χ2v) is 9.25. The summed E-state index contributed by atoms with van der Waals surface area (Å²) in [5.74, 6) is -0.0846. The van der Waals surface area contributed by atoms with E-state index in [4.69, 9.17) is 0 Å². The summed E-state index contributed by atoms with van der Waals surface area (Å²) in [7, 11) is 0. The number of halogens is 1. The third-order valence-corrected chi connectivity index (χ3v) is 6.07. The van der Waals surface area contributed by atoms with Crippen molar-refractivity contribution in [3.8, 4) is 0 Å². The molecule has 0 aliphatic rings. The van der Waals surface area contributed by atoms with Crippen molar-refractivity contribution in [2.24, 2.45) is 17.8 Å². The average molecular weight is 510 g/mol. The van der Waals surface area contributed by atoms with Crippen molar-refractivity contribution in [2.75, 3.05) is 26.2 Å². The molecule has 0 rings (SSSR count). The monoisotopic (exact) mass is 510 g/mol. The topological polar surface area (TPSA) is 90.5 Å². The number of alkyl halides is 1. The minimum absolute atomic E-state index is 0.00268. The van der Waals surface area contributed by atoms with Crippen LogP contribution in [0.15, 0.2) is 0 Å². The van der Waals surface area contributed by atoms with Gasteiger partial charge in [-0.15, -0.1) is 0 Å². The Labute approximate surface area is 184 Å². The predicted octanol–water partition coefficient (Wildman–Crippen LogP) is 2.14. The molecule has 0 aromatic rings. The third-order valence-electron chi connectivity index (χ3n) is 4.42. The van der Waals surface area contributed by atoms with E-state index in [2.05, 4.69) is 50.4 Å². The molecule has 0 aliphatic heterocycles. The molecule has 164 valence electrons. The normalized spacial score (nSPS) is 13.7. The fourth-order valence-corrected chi connectivity index (χ4v) is 3.63. The van der Waals surface area contributed by atoms with E-state index in [1.54, 1.807) is 0 Å². The van der Waals surface area contributed by atoms with E-state index in [-0.39, 0.29) is 45.6 Å². The van der Waals surface area contributed by atoms with E-state index >= 15 is 0 Å². The van der Waals surface area contributed by atoms with Crippen molar-refractivity contribution in [1.82, 2.24) is 20.9 Å². The second kappa shape index (κ2) is 14.1. The van der Waals surface area contributed by atoms with Gasteiger partial charge < -0.3 is 16.0 Å². The number of rotatable bonds is 13. The van der Waals surface area contributed by atoms with Gasteiger partial charge in [-0.05, 0) is 6.42 Å². The van der Waals surface area contributed by atoms with Gasteiger partial charge in [0.15, 0.2) is 0 Å². The minimum atomic E-state index is -0.0678. The molecule has 0 spiro atoms. The molecule has 0 heterocycles. The molecule has 0 saturated heterocycles. The van der Waals surface area contributed by atoms with Crippen LogP contribution in [0.1, 0.15) is 54.9 Å². The van der Waals surface area contributed by atoms with E-state index in [1.165, 1.54) is 0 Å². The molecule has 0 aromatic heterocycles. The van der Waals surface area contributed by atoms with E-state index in [1.807, 2.05) is 41.5 Å². The van der Waals surface area contributed by atoms with Crippen LogP contribution in [0.25, 0.3) is 0 Å². The van der Waals surface area contributed by atoms with Crippen LogP contribution in [0.2, 0.25) is 0 Å². The molecule has 7 nitrogen and oxygen atoms in total. The summed E-state index contributed by atoms with van der Waals surface area (Å²) in [5, 5.41) is 9.00. The first-order valence-corrected chi connectivity index (χ1v) is 11.5. The third kappa shape index (κ3) is 10.6. The molecule has 8 heteroatoms. The Morgan fingerprint density at radius 2 is 1.18 bits per heavy atom. The quantitative estimate of drug-likeness (QED) is 0.201. The number of nitrogens with one attached hydrogen (secondary N) is 3. The summed E-state index contributed by atoms with van der Waals surface area (Å²) in [6.07, 6.45) is 0.805. The van der Waals surface area contributed by atoms with Gasteiger partial charge in [0.2, 0.25) is 17.7 Å². The van der Waals surface area contributed by atoms with Crippen LogP contribution >= 0.6 is 22.6 Å². The SMILES string of the molecule is CCC(NC(=O)C(C)C)C(I)N(CCNC(=O)C(C)C)CCNC(=O)C(C)C. The number of nitrogens with zero attached hydrogens (tertiary/aromatic N) is 1. The van der Waals surface area contributed by atoms with Crippen LogP contribution in [0.5, 0.6) is 0 Å². The van der Waals surface area contributed by atoms with E-state index in [9.17, 15) is 14.4 Å². The molecule has 28 heavy (non-hydrogen) atoms. The first kappa shape index (κ1) is 27.1. The fraction of sp³-hybridized carbons (Fsp3) is 0.850. The van der Waals surface area contributed by atoms with E-state index in [0.29, 0.717) is 26.2 Å². The Hall–Kier alpha value is -0.900. The van der Waals surface area contributed by atoms with Gasteiger partial charge in [-0.2, -0.15) is 0 Å². The molecule has 2 unspecified atom stereocenters. The largest absolute Gasteiger partial charge is 0.355 e. The van der Waals surface area contributed by atoms with Crippen LogP contribution in [-0.2, 0) is 14.4 Å². The maximum absolute atomic E-state index is 12.1. The summed E-state index contributed by atoms with van der Waals surface area (Å²) in [6.45, 7) is 15.6. The molecule has 3 N–H and O–H groups in total. The van der Waals surface area contributed by atoms with Gasteiger partial charge in [0.05, 0.1) is 10.1 Å². The first-order valence-electron chi connectivity index (χ1n) is 10.2. The smallest absolute Gasteiger partial charge is 0.222 e. The Morgan fingerprint density at radius 3 is 1.50 bits per heavy atom. The van der Waals surface area contributed by atoms with E-state index < -0.39 is 0 Å². The number of hydrogen-bond donors (Lipinski definition) is 3. The van der Waals surface area contributed by atoms with Crippen LogP contribution in [0, 0.1) is 17.8 Å². The molecular weight excluding hydrogens is 471 g/mol. The molecule has 0 radical (unpaired) electrons. The molecule has 0 saturated carbocycles. The molecule has 0 aliphatic carbocycles. The van der Waals surface area contributed by atoms with Crippen molar-refractivity contribution in [1.29, 1.82) is 0 Å². The van der Waals surface area contributed by atoms with Crippen LogP contribution < -0.4 is 16.0 Å². The Morgan fingerprint density at radius 1 is 0.786 bits per heavy atom. The molecule has 0 fully saturated rings. The Kier molecular flexibility index (Phi) is 13.7. The molecular formula is C20H39IN4O3. The number of carbonyl (C=O) groups excluding carboxylic acids is 3. The predicted molar refractivity (Wildman–Crippen MR) is 122 cm³/mol. The zero-order chi connectivity index (χ0) is 21.9. The standard InChI is InChI=1S/C20H39IN4O3/c1-8-16(24-20(28)15(6)7)17(21)25(11-9-22-18(26)13(2)3)12-10-23-19(27)14(4)5/h13-17H,8-12H2,1-7H3,(H,22,26)(H,23,27)(H,24,28). The van der Waals surface area contributed by atoms with Crippen LogP contribution in [-0.4, -0.2) is 58.9 Å². The lowest BCUT2D eigenvalue weighted by Gasteiger charge is -2.34. The highest BCUT2D eigenvalue weighted by Gasteiger charge is 2.26. The number of carbonyl (C=O) groups is 3. The van der Waals surface area contributed by atoms with Gasteiger partial charge in [-0.3, -0.25) is 19.3 Å². The zero-order valence-corrected chi connectivity index (χ0v) is 20.6. The van der Waals surface area contributed by atoms with Crippen molar-refractivity contribution in [3.05, 3.63) is 0 Å². The first-order chi connectivity index (χ1) is 13.0. The van der Waals surface area contributed by atoms with Crippen molar-refractivity contribution >= 4 is 40.3 Å². The highest BCUT2D eigenvalue weighted by atomic mass is 127. The maximum Gasteiger partial charge on any atom is 0.222 e. The van der Waals surface area contributed by atoms with Gasteiger partial charge in [0.1, 0.15) is 0 Å². The summed E-state index contributed by atoms with van der Waals surface area (Å²) in [5.41, 5.74) is 0. The molecule has 0 bridgehead atoms. The van der Waals surface area contributed by atoms with Gasteiger partial charge in [0.25, 0.3) is 0 Å². The summed E-state index contributed by atoms with van der Waals surface area (Å²) in [6, 6.07) is -0.00268. The fourth-order valence-electron chi connectivity index (χ4n) is 2.38. The number of amides is 3. The zero-order valence-electron chi connectivity index (χ0n) is 18.5. The second-order valence-electron chi connectivity index (χ2n) is 7.98. The maximum atomic E-state index is 12.1. The summed E-state index contributed by atoms with van der Waals surface area (Å²) >= 11 is 2.35. The van der Waals surface area contributed by atoms with Crippen LogP contribution in [0.3, 0.4) is 0 Å². The minimum Gasteiger partial charge on any atom is -0.355 e.